The van der Waals surface area contributed by atoms with E-state index in [1.807, 2.05) is 20.0 Å². The lowest BCUT2D eigenvalue weighted by Crippen LogP contribution is -2.37. The van der Waals surface area contributed by atoms with E-state index in [0.29, 0.717) is 53.3 Å². The maximum absolute atomic E-state index is 13.3. The number of ether oxygens (including phenoxy) is 3. The van der Waals surface area contributed by atoms with Crippen molar-refractivity contribution in [2.45, 2.75) is 51.4 Å². The highest BCUT2D eigenvalue weighted by Crippen LogP contribution is 2.50. The van der Waals surface area contributed by atoms with Gasteiger partial charge in [-0.2, -0.15) is 0 Å². The van der Waals surface area contributed by atoms with E-state index in [-0.39, 0.29) is 28.9 Å². The van der Waals surface area contributed by atoms with Gasteiger partial charge in [-0.15, -0.1) is 0 Å². The fourth-order valence-electron chi connectivity index (χ4n) is 5.92. The Morgan fingerprint density at radius 2 is 1.62 bits per heavy atom. The molecule has 0 unspecified atom stereocenters. The van der Waals surface area contributed by atoms with E-state index in [4.69, 9.17) is 25.8 Å². The average Bonchev–Trinajstić information content (AvgIpc) is 2.94. The fraction of sp³-hybridized carbons (Fsp3) is 0.387. The molecule has 2 aromatic carbocycles. The lowest BCUT2D eigenvalue weighted by molar-refractivity contribution is -0.118. The molecule has 9 heteroatoms. The van der Waals surface area contributed by atoms with Crippen LogP contribution in [-0.4, -0.2) is 49.7 Å². The monoisotopic (exact) mass is 564 g/mol. The van der Waals surface area contributed by atoms with Crippen LogP contribution in [0, 0.1) is 0 Å². The van der Waals surface area contributed by atoms with Crippen molar-refractivity contribution in [1.82, 2.24) is 4.90 Å². The topological polar surface area (TPSA) is 94.2 Å². The molecule has 0 fully saturated rings. The van der Waals surface area contributed by atoms with Crippen LogP contribution in [0.1, 0.15) is 56.9 Å². The van der Waals surface area contributed by atoms with Crippen molar-refractivity contribution in [2.24, 2.45) is 0 Å². The summed E-state index contributed by atoms with van der Waals surface area (Å²) in [6.07, 6.45) is 4.06. The summed E-state index contributed by atoms with van der Waals surface area (Å²) in [5.41, 5.74) is 4.54. The molecule has 210 valence electrons. The molecule has 1 heterocycles. The first-order valence-corrected chi connectivity index (χ1v) is 14.0. The van der Waals surface area contributed by atoms with Gasteiger partial charge in [0.25, 0.3) is 5.91 Å². The molecule has 40 heavy (non-hydrogen) atoms. The minimum atomic E-state index is -0.513. The second-order valence-corrected chi connectivity index (χ2v) is 10.5. The minimum absolute atomic E-state index is 0.0606. The predicted octanol–water partition coefficient (Wildman–Crippen LogP) is 5.81. The first-order valence-electron chi connectivity index (χ1n) is 13.6. The molecular weight excluding hydrogens is 532 g/mol. The van der Waals surface area contributed by atoms with Crippen molar-refractivity contribution in [2.75, 3.05) is 32.7 Å². The molecule has 8 nitrogen and oxygen atoms in total. The zero-order valence-electron chi connectivity index (χ0n) is 23.0. The molecule has 2 aliphatic carbocycles. The predicted molar refractivity (Wildman–Crippen MR) is 152 cm³/mol. The zero-order valence-corrected chi connectivity index (χ0v) is 23.7. The molecule has 0 aromatic heterocycles. The number of ketones is 2. The molecule has 0 atom stereocenters. The number of allylic oxidation sites excluding steroid dienone is 4. The Morgan fingerprint density at radius 3 is 2.25 bits per heavy atom. The third kappa shape index (κ3) is 5.20. The summed E-state index contributed by atoms with van der Waals surface area (Å²) in [4.78, 5) is 41.4. The lowest BCUT2D eigenvalue weighted by Gasteiger charge is -2.42. The van der Waals surface area contributed by atoms with E-state index >= 15 is 0 Å². The van der Waals surface area contributed by atoms with Gasteiger partial charge in [0, 0.05) is 48.3 Å². The van der Waals surface area contributed by atoms with Crippen molar-refractivity contribution in [3.8, 4) is 17.2 Å². The molecule has 0 saturated carbocycles. The number of halogens is 1. The Balaban J connectivity index is 1.49. The van der Waals surface area contributed by atoms with E-state index in [2.05, 4.69) is 10.2 Å². The standard InChI is InChI=1S/C31H33ClN2O6/c1-4-39-26-16-18(15-19(32)31(26)40-17-27(37)33-20-9-5-6-14-25(20)38-3)28-29-21(10-7-12-23(29)35)34(2)22-11-8-13-24(36)30(22)28/h5-6,9,14-16,28H,4,7-8,10-13,17H2,1-3H3,(H,33,37). The second-order valence-electron chi connectivity index (χ2n) is 10.1. The number of Topliss-reactive ketones (excluding diaryl/α,β-unsaturated/α-hetero) is 2. The smallest absolute Gasteiger partial charge is 0.262 e. The molecule has 1 N–H and O–H groups in total. The van der Waals surface area contributed by atoms with Gasteiger partial charge in [-0.25, -0.2) is 0 Å². The third-order valence-electron chi connectivity index (χ3n) is 7.64. The van der Waals surface area contributed by atoms with Crippen LogP contribution in [0.25, 0.3) is 0 Å². The summed E-state index contributed by atoms with van der Waals surface area (Å²) < 4.78 is 17.1. The second kappa shape index (κ2) is 11.8. The number of methoxy groups -OCH3 is 1. The highest BCUT2D eigenvalue weighted by atomic mass is 35.5. The van der Waals surface area contributed by atoms with E-state index in [9.17, 15) is 14.4 Å². The van der Waals surface area contributed by atoms with Gasteiger partial charge < -0.3 is 24.4 Å². The molecule has 0 spiro atoms. The maximum atomic E-state index is 13.3. The van der Waals surface area contributed by atoms with Crippen LogP contribution in [0.15, 0.2) is 58.9 Å². The van der Waals surface area contributed by atoms with Crippen molar-refractivity contribution >= 4 is 34.8 Å². The van der Waals surface area contributed by atoms with Gasteiger partial charge >= 0.3 is 0 Å². The summed E-state index contributed by atoms with van der Waals surface area (Å²) in [6.45, 7) is 1.86. The lowest BCUT2D eigenvalue weighted by atomic mass is 9.71. The maximum Gasteiger partial charge on any atom is 0.262 e. The highest BCUT2D eigenvalue weighted by Gasteiger charge is 2.42. The SMILES string of the molecule is CCOc1cc(C2C3=C(CCCC3=O)N(C)C3=C2C(=O)CCC3)cc(Cl)c1OCC(=O)Nc1ccccc1OC. The normalized spacial score (nSPS) is 17.4. The molecule has 0 bridgehead atoms. The Morgan fingerprint density at radius 1 is 0.975 bits per heavy atom. The first-order chi connectivity index (χ1) is 19.3. The number of anilines is 1. The van der Waals surface area contributed by atoms with Crippen LogP contribution < -0.4 is 19.5 Å². The van der Waals surface area contributed by atoms with E-state index in [0.717, 1.165) is 37.1 Å². The Hall–Kier alpha value is -3.78. The average molecular weight is 565 g/mol. The number of rotatable bonds is 8. The van der Waals surface area contributed by atoms with Gasteiger partial charge in [-0.3, -0.25) is 14.4 Å². The number of amides is 1. The molecule has 1 amide bonds. The summed E-state index contributed by atoms with van der Waals surface area (Å²) in [5.74, 6) is 0.321. The summed E-state index contributed by atoms with van der Waals surface area (Å²) in [5, 5.41) is 3.01. The van der Waals surface area contributed by atoms with E-state index in [1.165, 1.54) is 7.11 Å². The van der Waals surface area contributed by atoms with Gasteiger partial charge in [0.2, 0.25) is 0 Å². The van der Waals surface area contributed by atoms with E-state index in [1.54, 1.807) is 30.3 Å². The van der Waals surface area contributed by atoms with Crippen LogP contribution in [0.5, 0.6) is 17.2 Å². The fourth-order valence-corrected chi connectivity index (χ4v) is 6.19. The quantitative estimate of drug-likeness (QED) is 0.432. The largest absolute Gasteiger partial charge is 0.495 e. The number of nitrogens with zero attached hydrogens (tertiary/aromatic N) is 1. The van der Waals surface area contributed by atoms with Gasteiger partial charge in [-0.1, -0.05) is 23.7 Å². The summed E-state index contributed by atoms with van der Waals surface area (Å²) >= 11 is 6.76. The molecule has 2 aromatic rings. The van der Waals surface area contributed by atoms with Crippen LogP contribution in [0.3, 0.4) is 0 Å². The minimum Gasteiger partial charge on any atom is -0.495 e. The molecule has 3 aliphatic rings. The molecule has 0 saturated heterocycles. The van der Waals surface area contributed by atoms with Crippen molar-refractivity contribution in [3.05, 3.63) is 69.5 Å². The van der Waals surface area contributed by atoms with Gasteiger partial charge in [0.1, 0.15) is 5.75 Å². The Kier molecular flexibility index (Phi) is 8.17. The molecule has 5 rings (SSSR count). The van der Waals surface area contributed by atoms with E-state index < -0.39 is 11.8 Å². The molecular formula is C31H33ClN2O6. The highest BCUT2D eigenvalue weighted by molar-refractivity contribution is 6.32. The van der Waals surface area contributed by atoms with Crippen LogP contribution in [0.4, 0.5) is 5.69 Å². The third-order valence-corrected chi connectivity index (χ3v) is 7.92. The van der Waals surface area contributed by atoms with Crippen LogP contribution in [0.2, 0.25) is 5.02 Å². The number of carbonyl (C=O) groups is 3. The van der Waals surface area contributed by atoms with Crippen molar-refractivity contribution in [1.29, 1.82) is 0 Å². The van der Waals surface area contributed by atoms with Crippen molar-refractivity contribution < 1.29 is 28.6 Å². The molecule has 1 aliphatic heterocycles. The number of hydrogen-bond acceptors (Lipinski definition) is 7. The Labute approximate surface area is 238 Å². The number of carbonyl (C=O) groups excluding carboxylic acids is 3. The number of benzene rings is 2. The summed E-state index contributed by atoms with van der Waals surface area (Å²) in [6, 6.07) is 10.6. The number of nitrogens with one attached hydrogen (secondary N) is 1. The van der Waals surface area contributed by atoms with Gasteiger partial charge in [0.05, 0.1) is 24.4 Å². The van der Waals surface area contributed by atoms with Gasteiger partial charge in [0.15, 0.2) is 29.7 Å². The van der Waals surface area contributed by atoms with Crippen LogP contribution in [-0.2, 0) is 14.4 Å². The number of para-hydroxylation sites is 2. The van der Waals surface area contributed by atoms with Gasteiger partial charge in [-0.05, 0) is 62.4 Å². The van der Waals surface area contributed by atoms with Crippen LogP contribution >= 0.6 is 11.6 Å². The first kappa shape index (κ1) is 27.8. The molecule has 0 radical (unpaired) electrons. The Bertz CT molecular complexity index is 1380. The zero-order chi connectivity index (χ0) is 28.4. The van der Waals surface area contributed by atoms with Crippen molar-refractivity contribution in [3.63, 3.8) is 0 Å². The number of hydrogen-bond donors (Lipinski definition) is 1. The summed E-state index contributed by atoms with van der Waals surface area (Å²) in [7, 11) is 3.49.